The molecule has 2 heterocycles. The summed E-state index contributed by atoms with van der Waals surface area (Å²) in [6.45, 7) is 2.24. The molecule has 172 valence electrons. The lowest BCUT2D eigenvalue weighted by Gasteiger charge is -2.15. The van der Waals surface area contributed by atoms with E-state index in [0.717, 1.165) is 12.0 Å². The fraction of sp³-hybridized carbons (Fsp3) is 0.292. The average molecular weight is 467 g/mol. The molecule has 0 unspecified atom stereocenters. The number of aliphatic hydroxyl groups is 1. The molecule has 2 N–H and O–H groups in total. The average Bonchev–Trinajstić information content (AvgIpc) is 3.19. The Labute approximate surface area is 194 Å². The molecule has 8 nitrogen and oxygen atoms in total. The summed E-state index contributed by atoms with van der Waals surface area (Å²) in [4.78, 5) is 31.6. The summed E-state index contributed by atoms with van der Waals surface area (Å²) in [5.74, 6) is 1.30. The third kappa shape index (κ3) is 5.20. The van der Waals surface area contributed by atoms with Gasteiger partial charge in [-0.15, -0.1) is 0 Å². The largest absolute Gasteiger partial charge is 0.491 e. The lowest BCUT2D eigenvalue weighted by molar-refractivity contribution is 0.0913. The molecule has 2 aromatic heterocycles. The summed E-state index contributed by atoms with van der Waals surface area (Å²) in [5.41, 5.74) is 1.77. The second-order valence-corrected chi connectivity index (χ2v) is 8.67. The molecule has 4 aromatic rings. The van der Waals surface area contributed by atoms with E-state index < -0.39 is 17.4 Å². The first-order chi connectivity index (χ1) is 16.0. The van der Waals surface area contributed by atoms with Crippen LogP contribution in [0.15, 0.2) is 69.3 Å². The van der Waals surface area contributed by atoms with Gasteiger partial charge in [0.25, 0.3) is 5.56 Å². The minimum atomic E-state index is -0.888. The van der Waals surface area contributed by atoms with Crippen LogP contribution in [-0.4, -0.2) is 36.9 Å². The quantitative estimate of drug-likeness (QED) is 0.368. The van der Waals surface area contributed by atoms with Crippen LogP contribution in [0.2, 0.25) is 0 Å². The third-order valence-corrected chi connectivity index (χ3v) is 6.40. The molecule has 9 heteroatoms. The van der Waals surface area contributed by atoms with Crippen LogP contribution in [-0.2, 0) is 25.8 Å². The van der Waals surface area contributed by atoms with E-state index in [0.29, 0.717) is 16.7 Å². The Morgan fingerprint density at radius 1 is 1.09 bits per heavy atom. The minimum absolute atomic E-state index is 0.0532. The molecule has 0 saturated carbocycles. The van der Waals surface area contributed by atoms with Crippen molar-refractivity contribution in [1.82, 2.24) is 19.1 Å². The fourth-order valence-electron chi connectivity index (χ4n) is 3.49. The highest BCUT2D eigenvalue weighted by molar-refractivity contribution is 7.98. The fourth-order valence-corrected chi connectivity index (χ4v) is 4.45. The van der Waals surface area contributed by atoms with Crippen molar-refractivity contribution >= 4 is 22.9 Å². The summed E-state index contributed by atoms with van der Waals surface area (Å²) < 4.78 is 8.70. The van der Waals surface area contributed by atoms with E-state index in [4.69, 9.17) is 4.74 Å². The summed E-state index contributed by atoms with van der Waals surface area (Å²) in [6.07, 6.45) is 0.0536. The molecular weight excluding hydrogens is 440 g/mol. The summed E-state index contributed by atoms with van der Waals surface area (Å²) in [7, 11) is 1.56. The zero-order valence-electron chi connectivity index (χ0n) is 18.5. The van der Waals surface area contributed by atoms with E-state index in [9.17, 15) is 14.7 Å². The summed E-state index contributed by atoms with van der Waals surface area (Å²) >= 11 is 1.44. The summed E-state index contributed by atoms with van der Waals surface area (Å²) in [5, 5.41) is 11.3. The maximum atomic E-state index is 12.6. The Kier molecular flexibility index (Phi) is 7.00. The number of aromatic nitrogens is 4. The minimum Gasteiger partial charge on any atom is -0.491 e. The molecule has 0 aliphatic carbocycles. The molecular formula is C24H26N4O4S. The maximum absolute atomic E-state index is 12.6. The SMILES string of the molecule is CCc1ccc(OC[C@H](O)Cn2c(SCc3ccccc3)nc3c2c(=O)[nH]c(=O)n3C)cc1. The Hall–Kier alpha value is -3.30. The number of nitrogens with zero attached hydrogens (tertiary/aromatic N) is 3. The number of fused-ring (bicyclic) bond motifs is 1. The number of aromatic amines is 1. The van der Waals surface area contributed by atoms with Gasteiger partial charge in [-0.3, -0.25) is 14.3 Å². The topological polar surface area (TPSA) is 102 Å². The van der Waals surface area contributed by atoms with Gasteiger partial charge in [-0.05, 0) is 29.7 Å². The predicted molar refractivity (Wildman–Crippen MR) is 129 cm³/mol. The Morgan fingerprint density at radius 3 is 2.52 bits per heavy atom. The number of hydrogen-bond donors (Lipinski definition) is 2. The predicted octanol–water partition coefficient (Wildman–Crippen LogP) is 2.72. The second kappa shape index (κ2) is 10.1. The first-order valence-electron chi connectivity index (χ1n) is 10.7. The van der Waals surface area contributed by atoms with Crippen LogP contribution in [0, 0.1) is 0 Å². The lowest BCUT2D eigenvalue weighted by atomic mass is 10.2. The second-order valence-electron chi connectivity index (χ2n) is 7.73. The molecule has 4 rings (SSSR count). The van der Waals surface area contributed by atoms with Crippen molar-refractivity contribution in [3.63, 3.8) is 0 Å². The molecule has 2 aromatic carbocycles. The molecule has 0 radical (unpaired) electrons. The van der Waals surface area contributed by atoms with Gasteiger partial charge in [-0.1, -0.05) is 61.2 Å². The number of H-pyrrole nitrogens is 1. The van der Waals surface area contributed by atoms with Crippen molar-refractivity contribution in [1.29, 1.82) is 0 Å². The lowest BCUT2D eigenvalue weighted by Crippen LogP contribution is -2.30. The number of imidazole rings is 1. The van der Waals surface area contributed by atoms with Gasteiger partial charge in [0.1, 0.15) is 18.5 Å². The maximum Gasteiger partial charge on any atom is 0.329 e. The van der Waals surface area contributed by atoms with E-state index in [2.05, 4.69) is 16.9 Å². The zero-order valence-corrected chi connectivity index (χ0v) is 19.3. The Balaban J connectivity index is 1.58. The van der Waals surface area contributed by atoms with Crippen molar-refractivity contribution in [3.05, 3.63) is 86.6 Å². The van der Waals surface area contributed by atoms with Crippen molar-refractivity contribution < 1.29 is 9.84 Å². The van der Waals surface area contributed by atoms with Crippen LogP contribution in [0.25, 0.3) is 11.2 Å². The van der Waals surface area contributed by atoms with Crippen LogP contribution in [0.1, 0.15) is 18.1 Å². The van der Waals surface area contributed by atoms with Gasteiger partial charge in [-0.2, -0.15) is 0 Å². The van der Waals surface area contributed by atoms with Gasteiger partial charge in [0, 0.05) is 12.8 Å². The van der Waals surface area contributed by atoms with Gasteiger partial charge in [0.2, 0.25) is 0 Å². The smallest absolute Gasteiger partial charge is 0.329 e. The van der Waals surface area contributed by atoms with Crippen LogP contribution < -0.4 is 16.0 Å². The Morgan fingerprint density at radius 2 is 1.82 bits per heavy atom. The van der Waals surface area contributed by atoms with Gasteiger partial charge < -0.3 is 14.4 Å². The molecule has 0 fully saturated rings. The van der Waals surface area contributed by atoms with E-state index >= 15 is 0 Å². The van der Waals surface area contributed by atoms with E-state index in [1.54, 1.807) is 11.6 Å². The molecule has 33 heavy (non-hydrogen) atoms. The standard InChI is InChI=1S/C24H26N4O4S/c1-3-16-9-11-19(12-10-16)32-14-18(29)13-28-20-21(27(2)23(31)26-22(20)30)25-24(28)33-15-17-7-5-4-6-8-17/h4-12,18,29H,3,13-15H2,1-2H3,(H,26,30,31)/t18-/m1/s1. The van der Waals surface area contributed by atoms with Crippen LogP contribution >= 0.6 is 11.8 Å². The normalized spacial score (nSPS) is 12.2. The van der Waals surface area contributed by atoms with Crippen molar-refractivity contribution in [2.45, 2.75) is 36.9 Å². The van der Waals surface area contributed by atoms with Gasteiger partial charge in [-0.25, -0.2) is 9.78 Å². The van der Waals surface area contributed by atoms with Crippen molar-refractivity contribution in [3.8, 4) is 5.75 Å². The van der Waals surface area contributed by atoms with Gasteiger partial charge in [0.15, 0.2) is 16.3 Å². The number of thioether (sulfide) groups is 1. The monoisotopic (exact) mass is 466 g/mol. The number of aryl methyl sites for hydroxylation is 2. The highest BCUT2D eigenvalue weighted by Gasteiger charge is 2.20. The molecule has 0 amide bonds. The number of nitrogens with one attached hydrogen (secondary N) is 1. The number of ether oxygens (including phenoxy) is 1. The van der Waals surface area contributed by atoms with Gasteiger partial charge in [0.05, 0.1) is 6.54 Å². The van der Waals surface area contributed by atoms with Crippen LogP contribution in [0.3, 0.4) is 0 Å². The van der Waals surface area contributed by atoms with Crippen molar-refractivity contribution in [2.75, 3.05) is 6.61 Å². The van der Waals surface area contributed by atoms with Crippen LogP contribution in [0.4, 0.5) is 0 Å². The van der Waals surface area contributed by atoms with Crippen molar-refractivity contribution in [2.24, 2.45) is 7.05 Å². The third-order valence-electron chi connectivity index (χ3n) is 5.35. The number of hydrogen-bond acceptors (Lipinski definition) is 6. The highest BCUT2D eigenvalue weighted by atomic mass is 32.2. The Bertz CT molecular complexity index is 1340. The molecule has 0 aliphatic heterocycles. The number of benzene rings is 2. The highest BCUT2D eigenvalue weighted by Crippen LogP contribution is 2.25. The van der Waals surface area contributed by atoms with Crippen LogP contribution in [0.5, 0.6) is 5.75 Å². The van der Waals surface area contributed by atoms with Gasteiger partial charge >= 0.3 is 5.69 Å². The molecule has 0 saturated heterocycles. The van der Waals surface area contributed by atoms with E-state index in [1.807, 2.05) is 54.6 Å². The summed E-state index contributed by atoms with van der Waals surface area (Å²) in [6, 6.07) is 17.6. The molecule has 0 bridgehead atoms. The number of aliphatic hydroxyl groups excluding tert-OH is 1. The number of rotatable bonds is 9. The first-order valence-corrected chi connectivity index (χ1v) is 11.7. The molecule has 0 spiro atoms. The van der Waals surface area contributed by atoms with E-state index in [-0.39, 0.29) is 24.3 Å². The van der Waals surface area contributed by atoms with E-state index in [1.165, 1.54) is 21.9 Å². The molecule has 1 atom stereocenters. The first kappa shape index (κ1) is 22.9. The zero-order chi connectivity index (χ0) is 23.4. The molecule has 0 aliphatic rings.